The van der Waals surface area contributed by atoms with Crippen LogP contribution in [0, 0.1) is 0 Å². The number of rotatable bonds is 12. The maximum Gasteiger partial charge on any atom is 0.255 e. The first-order chi connectivity index (χ1) is 20.9. The van der Waals surface area contributed by atoms with E-state index in [-0.39, 0.29) is 24.3 Å². The molecule has 3 aromatic rings. The lowest BCUT2D eigenvalue weighted by Gasteiger charge is -2.08. The van der Waals surface area contributed by atoms with Crippen LogP contribution >= 0.6 is 0 Å². The molecular formula is C35H34N4O4. The number of nitrogens with one attached hydrogen (secondary N) is 4. The normalized spacial score (nSPS) is 12.0. The van der Waals surface area contributed by atoms with E-state index in [1.807, 2.05) is 19.1 Å². The lowest BCUT2D eigenvalue weighted by Crippen LogP contribution is -2.24. The minimum atomic E-state index is -0.402. The van der Waals surface area contributed by atoms with Crippen molar-refractivity contribution in [3.05, 3.63) is 167 Å². The first-order valence-corrected chi connectivity index (χ1v) is 13.7. The molecule has 8 heteroatoms. The molecule has 0 aliphatic heterocycles. The molecule has 0 aliphatic rings. The summed E-state index contributed by atoms with van der Waals surface area (Å²) >= 11 is 0. The quantitative estimate of drug-likeness (QED) is 0.216. The molecule has 4 amide bonds. The smallest absolute Gasteiger partial charge is 0.255 e. The Morgan fingerprint density at radius 3 is 1.81 bits per heavy atom. The van der Waals surface area contributed by atoms with Crippen molar-refractivity contribution in [2.75, 3.05) is 6.54 Å². The van der Waals surface area contributed by atoms with Crippen molar-refractivity contribution in [2.45, 2.75) is 13.8 Å². The summed E-state index contributed by atoms with van der Waals surface area (Å²) in [5.74, 6) is -1.22. The third-order valence-corrected chi connectivity index (χ3v) is 5.90. The van der Waals surface area contributed by atoms with Gasteiger partial charge in [-0.1, -0.05) is 60.7 Å². The van der Waals surface area contributed by atoms with Crippen molar-refractivity contribution in [1.29, 1.82) is 0 Å². The molecule has 4 N–H and O–H groups in total. The molecule has 3 rings (SSSR count). The third-order valence-electron chi connectivity index (χ3n) is 5.90. The molecule has 0 bridgehead atoms. The van der Waals surface area contributed by atoms with Crippen LogP contribution in [0.5, 0.6) is 0 Å². The number of hydrogen-bond donors (Lipinski definition) is 4. The molecule has 0 atom stereocenters. The Morgan fingerprint density at radius 1 is 0.628 bits per heavy atom. The fourth-order valence-corrected chi connectivity index (χ4v) is 3.71. The molecule has 0 radical (unpaired) electrons. The fourth-order valence-electron chi connectivity index (χ4n) is 3.71. The monoisotopic (exact) mass is 574 g/mol. The molecule has 0 saturated carbocycles. The van der Waals surface area contributed by atoms with Crippen LogP contribution in [-0.4, -0.2) is 30.2 Å². The van der Waals surface area contributed by atoms with Gasteiger partial charge in [-0.25, -0.2) is 0 Å². The topological polar surface area (TPSA) is 116 Å². The van der Waals surface area contributed by atoms with Crippen molar-refractivity contribution in [3.63, 3.8) is 0 Å². The Balaban J connectivity index is 1.53. The van der Waals surface area contributed by atoms with Crippen LogP contribution in [0.25, 0.3) is 0 Å². The van der Waals surface area contributed by atoms with Gasteiger partial charge in [-0.3, -0.25) is 19.2 Å². The average Bonchev–Trinajstić information content (AvgIpc) is 3.05. The molecule has 0 fully saturated rings. The van der Waals surface area contributed by atoms with E-state index < -0.39 is 5.91 Å². The standard InChI is InChI=1S/C35H34N4O4/c1-3-14-31(39-34(42)27-17-9-6-10-18-27)22-13-24-37-33(41)28-19-11-20-29(25-28)35(43)38-30(4-2)21-12-23-36-32(40)26-15-7-5-8-16-26/h3-22,24-25H,23H2,1-2H3,(H,36,40)(H,37,41)(H,38,43)(H,39,42)/b14-3-,21-12-,24-13+,30-4+,31-22+. The SMILES string of the molecule is C\C=C/C(=C\C=C\NC(=O)c1cccc(C(=O)NC(/C=C\CNC(=O)c2ccccc2)=C/C)c1)NC(=O)c1ccccc1. The molecule has 0 spiro atoms. The summed E-state index contributed by atoms with van der Waals surface area (Å²) in [6, 6.07) is 24.1. The fraction of sp³-hybridized carbons (Fsp3) is 0.0857. The summed E-state index contributed by atoms with van der Waals surface area (Å²) in [7, 11) is 0. The predicted molar refractivity (Wildman–Crippen MR) is 169 cm³/mol. The Labute approximate surface area is 251 Å². The lowest BCUT2D eigenvalue weighted by molar-refractivity contribution is 0.0950. The molecule has 0 heterocycles. The largest absolute Gasteiger partial charge is 0.349 e. The number of carbonyl (C=O) groups excluding carboxylic acids is 4. The zero-order valence-corrected chi connectivity index (χ0v) is 24.0. The molecule has 218 valence electrons. The van der Waals surface area contributed by atoms with Crippen LogP contribution in [-0.2, 0) is 0 Å². The Bertz CT molecular complexity index is 1570. The highest BCUT2D eigenvalue weighted by Gasteiger charge is 2.11. The van der Waals surface area contributed by atoms with Gasteiger partial charge in [0.1, 0.15) is 0 Å². The second-order valence-corrected chi connectivity index (χ2v) is 9.03. The van der Waals surface area contributed by atoms with E-state index >= 15 is 0 Å². The predicted octanol–water partition coefficient (Wildman–Crippen LogP) is 5.44. The van der Waals surface area contributed by atoms with Crippen LogP contribution in [0.1, 0.15) is 55.3 Å². The second kappa shape index (κ2) is 17.1. The van der Waals surface area contributed by atoms with Gasteiger partial charge >= 0.3 is 0 Å². The Morgan fingerprint density at radius 2 is 1.19 bits per heavy atom. The van der Waals surface area contributed by atoms with Crippen LogP contribution in [0.15, 0.2) is 145 Å². The summed E-state index contributed by atoms with van der Waals surface area (Å²) in [5.41, 5.74) is 2.79. The van der Waals surface area contributed by atoms with Crippen molar-refractivity contribution in [1.82, 2.24) is 21.3 Å². The highest BCUT2D eigenvalue weighted by atomic mass is 16.2. The number of hydrogen-bond acceptors (Lipinski definition) is 4. The van der Waals surface area contributed by atoms with Gasteiger partial charge in [0, 0.05) is 46.4 Å². The minimum Gasteiger partial charge on any atom is -0.349 e. The van der Waals surface area contributed by atoms with Gasteiger partial charge in [0.05, 0.1) is 0 Å². The maximum absolute atomic E-state index is 12.9. The van der Waals surface area contributed by atoms with Gasteiger partial charge in [0.15, 0.2) is 0 Å². The maximum atomic E-state index is 12.9. The molecular weight excluding hydrogens is 540 g/mol. The van der Waals surface area contributed by atoms with E-state index in [2.05, 4.69) is 21.3 Å². The molecule has 8 nitrogen and oxygen atoms in total. The summed E-state index contributed by atoms with van der Waals surface area (Å²) in [6.45, 7) is 3.90. The van der Waals surface area contributed by atoms with Crippen molar-refractivity contribution >= 4 is 23.6 Å². The first-order valence-electron chi connectivity index (χ1n) is 13.7. The highest BCUT2D eigenvalue weighted by molar-refractivity contribution is 6.00. The average molecular weight is 575 g/mol. The van der Waals surface area contributed by atoms with Crippen LogP contribution in [0.4, 0.5) is 0 Å². The number of carbonyl (C=O) groups is 4. The van der Waals surface area contributed by atoms with Gasteiger partial charge in [0.2, 0.25) is 0 Å². The van der Waals surface area contributed by atoms with Crippen molar-refractivity contribution in [2.24, 2.45) is 0 Å². The van der Waals surface area contributed by atoms with Crippen LogP contribution in [0.2, 0.25) is 0 Å². The van der Waals surface area contributed by atoms with Crippen molar-refractivity contribution < 1.29 is 19.2 Å². The van der Waals surface area contributed by atoms with Crippen LogP contribution in [0.3, 0.4) is 0 Å². The van der Waals surface area contributed by atoms with Crippen LogP contribution < -0.4 is 21.3 Å². The second-order valence-electron chi connectivity index (χ2n) is 9.03. The molecule has 0 unspecified atom stereocenters. The van der Waals surface area contributed by atoms with E-state index in [9.17, 15) is 19.2 Å². The first kappa shape index (κ1) is 31.8. The van der Waals surface area contributed by atoms with E-state index in [4.69, 9.17) is 0 Å². The molecule has 0 aliphatic carbocycles. The number of allylic oxidation sites excluding steroid dienone is 6. The molecule has 43 heavy (non-hydrogen) atoms. The number of amides is 4. The molecule has 3 aromatic carbocycles. The van der Waals surface area contributed by atoms with Gasteiger partial charge in [-0.05, 0) is 80.6 Å². The highest BCUT2D eigenvalue weighted by Crippen LogP contribution is 2.07. The summed E-state index contributed by atoms with van der Waals surface area (Å²) < 4.78 is 0. The van der Waals surface area contributed by atoms with Crippen molar-refractivity contribution in [3.8, 4) is 0 Å². The van der Waals surface area contributed by atoms with E-state index in [1.54, 1.807) is 116 Å². The Hall–Kier alpha value is -5.76. The zero-order valence-electron chi connectivity index (χ0n) is 24.0. The summed E-state index contributed by atoms with van der Waals surface area (Å²) in [5, 5.41) is 11.1. The summed E-state index contributed by atoms with van der Waals surface area (Å²) in [4.78, 5) is 50.1. The van der Waals surface area contributed by atoms with Gasteiger partial charge in [-0.2, -0.15) is 0 Å². The van der Waals surface area contributed by atoms with Gasteiger partial charge in [-0.15, -0.1) is 0 Å². The summed E-state index contributed by atoms with van der Waals surface area (Å²) in [6.07, 6.45) is 13.4. The van der Waals surface area contributed by atoms with E-state index in [0.29, 0.717) is 33.6 Å². The lowest BCUT2D eigenvalue weighted by atomic mass is 10.1. The van der Waals surface area contributed by atoms with Gasteiger partial charge < -0.3 is 21.3 Å². The van der Waals surface area contributed by atoms with E-state index in [0.717, 1.165) is 0 Å². The third kappa shape index (κ3) is 10.6. The minimum absolute atomic E-state index is 0.190. The number of benzene rings is 3. The zero-order chi connectivity index (χ0) is 30.9. The Kier molecular flexibility index (Phi) is 12.7. The van der Waals surface area contributed by atoms with E-state index in [1.165, 1.54) is 12.3 Å². The molecule has 0 saturated heterocycles. The van der Waals surface area contributed by atoms with Gasteiger partial charge in [0.25, 0.3) is 23.6 Å². The molecule has 0 aromatic heterocycles.